The van der Waals surface area contributed by atoms with E-state index in [0.29, 0.717) is 27.8 Å². The summed E-state index contributed by atoms with van der Waals surface area (Å²) in [5.41, 5.74) is 3.03. The lowest BCUT2D eigenvalue weighted by atomic mass is 10.1. The highest BCUT2D eigenvalue weighted by molar-refractivity contribution is 7.99. The first-order chi connectivity index (χ1) is 17.5. The molecule has 1 fully saturated rings. The van der Waals surface area contributed by atoms with Crippen LogP contribution in [0.4, 0.5) is 10.1 Å². The molecule has 0 aliphatic heterocycles. The minimum absolute atomic E-state index is 0.0276. The summed E-state index contributed by atoms with van der Waals surface area (Å²) in [6, 6.07) is 21.2. The monoisotopic (exact) mass is 501 g/mol. The van der Waals surface area contributed by atoms with Crippen LogP contribution in [-0.4, -0.2) is 38.4 Å². The number of nitrogens with one attached hydrogen (secondary N) is 2. The minimum Gasteiger partial charge on any atom is -0.349 e. The lowest BCUT2D eigenvalue weighted by Gasteiger charge is -2.12. The number of anilines is 1. The van der Waals surface area contributed by atoms with Crippen molar-refractivity contribution in [1.29, 1.82) is 0 Å². The minimum atomic E-state index is -0.409. The number of hydrogen-bond donors (Lipinski definition) is 2. The number of rotatable bonds is 8. The molecule has 3 aromatic carbocycles. The third-order valence-electron chi connectivity index (χ3n) is 5.73. The average Bonchev–Trinajstić information content (AvgIpc) is 3.60. The van der Waals surface area contributed by atoms with Gasteiger partial charge in [0.2, 0.25) is 5.91 Å². The quantitative estimate of drug-likeness (QED) is 0.332. The molecule has 0 saturated heterocycles. The number of thioether (sulfide) groups is 1. The summed E-state index contributed by atoms with van der Waals surface area (Å²) in [6.45, 7) is 1.98. The zero-order valence-electron chi connectivity index (χ0n) is 19.6. The fraction of sp³-hybridized carbons (Fsp3) is 0.185. The van der Waals surface area contributed by atoms with Gasteiger partial charge in [0, 0.05) is 11.7 Å². The second-order valence-corrected chi connectivity index (χ2v) is 9.53. The number of para-hydroxylation sites is 1. The van der Waals surface area contributed by atoms with Crippen LogP contribution in [0.2, 0.25) is 0 Å². The number of halogens is 1. The van der Waals surface area contributed by atoms with Crippen LogP contribution in [0.3, 0.4) is 0 Å². The van der Waals surface area contributed by atoms with Crippen LogP contribution >= 0.6 is 11.8 Å². The topological polar surface area (TPSA) is 88.9 Å². The van der Waals surface area contributed by atoms with Crippen molar-refractivity contribution in [2.75, 3.05) is 11.1 Å². The van der Waals surface area contributed by atoms with E-state index < -0.39 is 5.82 Å². The lowest BCUT2D eigenvalue weighted by Crippen LogP contribution is -2.27. The summed E-state index contributed by atoms with van der Waals surface area (Å²) in [4.78, 5) is 25.4. The highest BCUT2D eigenvalue weighted by Crippen LogP contribution is 2.30. The summed E-state index contributed by atoms with van der Waals surface area (Å²) in [5.74, 6) is -0.525. The van der Waals surface area contributed by atoms with Gasteiger partial charge in [-0.15, -0.1) is 10.2 Å². The molecule has 4 aromatic rings. The third-order valence-corrected chi connectivity index (χ3v) is 6.66. The highest BCUT2D eigenvalue weighted by Gasteiger charge is 2.25. The Balaban J connectivity index is 1.37. The number of nitrogens with zero attached hydrogens (tertiary/aromatic N) is 3. The van der Waals surface area contributed by atoms with Crippen molar-refractivity contribution in [2.45, 2.75) is 31.0 Å². The number of aryl methyl sites for hydroxylation is 1. The van der Waals surface area contributed by atoms with Crippen LogP contribution in [0.1, 0.15) is 28.8 Å². The Labute approximate surface area is 212 Å². The molecular weight excluding hydrogens is 477 g/mol. The van der Waals surface area contributed by atoms with Crippen molar-refractivity contribution < 1.29 is 14.0 Å². The van der Waals surface area contributed by atoms with Gasteiger partial charge in [0.15, 0.2) is 11.0 Å². The largest absolute Gasteiger partial charge is 0.349 e. The number of aromatic nitrogens is 3. The molecule has 0 radical (unpaired) electrons. The van der Waals surface area contributed by atoms with E-state index in [4.69, 9.17) is 0 Å². The van der Waals surface area contributed by atoms with Crippen LogP contribution in [0.5, 0.6) is 0 Å². The summed E-state index contributed by atoms with van der Waals surface area (Å²) < 4.78 is 16.3. The molecule has 1 heterocycles. The number of benzene rings is 3. The van der Waals surface area contributed by atoms with E-state index in [9.17, 15) is 14.0 Å². The molecule has 0 atom stereocenters. The van der Waals surface area contributed by atoms with E-state index in [1.54, 1.807) is 47.0 Å². The number of amides is 2. The predicted molar refractivity (Wildman–Crippen MR) is 138 cm³/mol. The average molecular weight is 502 g/mol. The van der Waals surface area contributed by atoms with Crippen LogP contribution < -0.4 is 10.6 Å². The van der Waals surface area contributed by atoms with Crippen LogP contribution in [0.25, 0.3) is 17.1 Å². The van der Waals surface area contributed by atoms with Gasteiger partial charge in [-0.3, -0.25) is 14.2 Å². The zero-order chi connectivity index (χ0) is 25.1. The molecule has 36 heavy (non-hydrogen) atoms. The van der Waals surface area contributed by atoms with E-state index >= 15 is 0 Å². The first-order valence-electron chi connectivity index (χ1n) is 11.6. The van der Waals surface area contributed by atoms with E-state index in [0.717, 1.165) is 24.1 Å². The van der Waals surface area contributed by atoms with Crippen LogP contribution in [0.15, 0.2) is 78.0 Å². The fourth-order valence-corrected chi connectivity index (χ4v) is 4.46. The maximum absolute atomic E-state index is 14.6. The van der Waals surface area contributed by atoms with E-state index in [1.807, 2.05) is 31.2 Å². The summed E-state index contributed by atoms with van der Waals surface area (Å²) in [6.07, 6.45) is 1.96. The molecule has 1 aromatic heterocycles. The number of carbonyl (C=O) groups excluding carboxylic acids is 2. The van der Waals surface area contributed by atoms with Crippen molar-refractivity contribution >= 4 is 29.3 Å². The van der Waals surface area contributed by atoms with Gasteiger partial charge in [0.25, 0.3) is 5.91 Å². The Morgan fingerprint density at radius 1 is 1.00 bits per heavy atom. The molecule has 0 spiro atoms. The molecule has 5 rings (SSSR count). The van der Waals surface area contributed by atoms with E-state index in [-0.39, 0.29) is 23.6 Å². The molecule has 1 saturated carbocycles. The number of hydrogen-bond acceptors (Lipinski definition) is 5. The van der Waals surface area contributed by atoms with Crippen molar-refractivity contribution in [2.24, 2.45) is 0 Å². The summed E-state index contributed by atoms with van der Waals surface area (Å²) >= 11 is 1.18. The van der Waals surface area contributed by atoms with Gasteiger partial charge in [0.05, 0.1) is 22.6 Å². The SMILES string of the molecule is Cc1ccc(-n2c(SCC(=O)Nc3ccccc3C(=O)NC3CC3)nnc2-c2ccccc2F)cc1. The Bertz CT molecular complexity index is 1420. The van der Waals surface area contributed by atoms with Crippen molar-refractivity contribution in [3.63, 3.8) is 0 Å². The highest BCUT2D eigenvalue weighted by atomic mass is 32.2. The van der Waals surface area contributed by atoms with Crippen molar-refractivity contribution in [1.82, 2.24) is 20.1 Å². The maximum Gasteiger partial charge on any atom is 0.253 e. The molecule has 0 unspecified atom stereocenters. The van der Waals surface area contributed by atoms with Crippen LogP contribution in [0, 0.1) is 12.7 Å². The van der Waals surface area contributed by atoms with Gasteiger partial charge in [-0.1, -0.05) is 53.7 Å². The molecular formula is C27H24FN5O2S. The zero-order valence-corrected chi connectivity index (χ0v) is 20.4. The Hall–Kier alpha value is -3.98. The molecule has 0 bridgehead atoms. The van der Waals surface area contributed by atoms with E-state index in [2.05, 4.69) is 20.8 Å². The molecule has 1 aliphatic rings. The Morgan fingerprint density at radius 3 is 2.47 bits per heavy atom. The van der Waals surface area contributed by atoms with Gasteiger partial charge in [-0.05, 0) is 56.2 Å². The maximum atomic E-state index is 14.6. The molecule has 9 heteroatoms. The second kappa shape index (κ2) is 10.3. The van der Waals surface area contributed by atoms with E-state index in [1.165, 1.54) is 17.8 Å². The molecule has 182 valence electrons. The standard InChI is InChI=1S/C27H24FN5O2S/c1-17-10-14-19(15-11-17)33-25(20-6-2-4-8-22(20)28)31-32-27(33)36-16-24(34)30-23-9-5-3-7-21(23)26(35)29-18-12-13-18/h2-11,14-15,18H,12-13,16H2,1H3,(H,29,35)(H,30,34). The van der Waals surface area contributed by atoms with Gasteiger partial charge in [0.1, 0.15) is 5.82 Å². The Morgan fingerprint density at radius 2 is 1.72 bits per heavy atom. The molecule has 2 amide bonds. The van der Waals surface area contributed by atoms with Crippen LogP contribution in [-0.2, 0) is 4.79 Å². The van der Waals surface area contributed by atoms with Gasteiger partial charge >= 0.3 is 0 Å². The lowest BCUT2D eigenvalue weighted by molar-refractivity contribution is -0.113. The smallest absolute Gasteiger partial charge is 0.253 e. The number of carbonyl (C=O) groups is 2. The normalized spacial score (nSPS) is 12.8. The summed E-state index contributed by atoms with van der Waals surface area (Å²) in [5, 5.41) is 14.7. The molecule has 2 N–H and O–H groups in total. The predicted octanol–water partition coefficient (Wildman–Crippen LogP) is 5.00. The first-order valence-corrected chi connectivity index (χ1v) is 12.6. The molecule has 1 aliphatic carbocycles. The Kier molecular flexibility index (Phi) is 6.81. The first kappa shape index (κ1) is 23.7. The fourth-order valence-electron chi connectivity index (χ4n) is 3.70. The third kappa shape index (κ3) is 5.31. The van der Waals surface area contributed by atoms with Crippen molar-refractivity contribution in [3.05, 3.63) is 89.7 Å². The van der Waals surface area contributed by atoms with Crippen molar-refractivity contribution in [3.8, 4) is 17.1 Å². The van der Waals surface area contributed by atoms with Gasteiger partial charge < -0.3 is 10.6 Å². The second-order valence-electron chi connectivity index (χ2n) is 8.59. The van der Waals surface area contributed by atoms with Gasteiger partial charge in [-0.2, -0.15) is 0 Å². The van der Waals surface area contributed by atoms with Gasteiger partial charge in [-0.25, -0.2) is 4.39 Å². The summed E-state index contributed by atoms with van der Waals surface area (Å²) in [7, 11) is 0. The molecule has 7 nitrogen and oxygen atoms in total.